The van der Waals surface area contributed by atoms with Crippen molar-refractivity contribution < 1.29 is 4.79 Å². The minimum atomic E-state index is 0.142. The number of nitrogens with zero attached hydrogens (tertiary/aromatic N) is 1. The van der Waals surface area contributed by atoms with E-state index >= 15 is 0 Å². The monoisotopic (exact) mass is 423 g/mol. The number of unbranched alkanes of at least 4 members (excludes halogenated alkanes) is 11. The normalized spacial score (nSPS) is 10.9. The summed E-state index contributed by atoms with van der Waals surface area (Å²) >= 11 is 3.49. The number of hydrogen-bond acceptors (Lipinski definition) is 1. The van der Waals surface area contributed by atoms with Crippen molar-refractivity contribution in [2.75, 3.05) is 13.1 Å². The number of halogens is 1. The third kappa shape index (κ3) is 9.75. The average Bonchev–Trinajstić information content (AvgIpc) is 2.65. The van der Waals surface area contributed by atoms with Crippen LogP contribution in [0.3, 0.4) is 0 Å². The number of benzene rings is 1. The zero-order valence-electron chi connectivity index (χ0n) is 16.9. The first-order valence-corrected chi connectivity index (χ1v) is 11.5. The second-order valence-corrected chi connectivity index (χ2v) is 8.11. The van der Waals surface area contributed by atoms with E-state index in [2.05, 4.69) is 29.8 Å². The van der Waals surface area contributed by atoms with Crippen LogP contribution in [0.2, 0.25) is 0 Å². The van der Waals surface area contributed by atoms with Crippen molar-refractivity contribution in [3.63, 3.8) is 0 Å². The Kier molecular flexibility index (Phi) is 13.6. The van der Waals surface area contributed by atoms with Crippen molar-refractivity contribution in [3.8, 4) is 0 Å². The highest BCUT2D eigenvalue weighted by Gasteiger charge is 2.15. The van der Waals surface area contributed by atoms with Gasteiger partial charge in [-0.15, -0.1) is 0 Å². The lowest BCUT2D eigenvalue weighted by Gasteiger charge is -2.21. The van der Waals surface area contributed by atoms with Crippen LogP contribution in [0.4, 0.5) is 0 Å². The molecule has 0 heterocycles. The minimum Gasteiger partial charge on any atom is -0.339 e. The van der Waals surface area contributed by atoms with E-state index in [0.29, 0.717) is 0 Å². The molecule has 0 saturated carbocycles. The molecule has 148 valence electrons. The van der Waals surface area contributed by atoms with E-state index in [1.807, 2.05) is 29.2 Å². The Bertz CT molecular complexity index is 489. The SMILES string of the molecule is CCCCCCCCCCCCCCN(CC)C(=O)c1ccccc1Br. The molecule has 0 aliphatic heterocycles. The summed E-state index contributed by atoms with van der Waals surface area (Å²) in [5.41, 5.74) is 0.772. The zero-order chi connectivity index (χ0) is 19.0. The molecule has 0 aromatic heterocycles. The molecule has 0 N–H and O–H groups in total. The van der Waals surface area contributed by atoms with Gasteiger partial charge < -0.3 is 4.90 Å². The number of hydrogen-bond donors (Lipinski definition) is 0. The lowest BCUT2D eigenvalue weighted by Crippen LogP contribution is -2.32. The molecule has 0 fully saturated rings. The van der Waals surface area contributed by atoms with Crippen molar-refractivity contribution in [2.45, 2.75) is 90.9 Å². The number of amides is 1. The second-order valence-electron chi connectivity index (χ2n) is 7.25. The van der Waals surface area contributed by atoms with Crippen LogP contribution < -0.4 is 0 Å². The highest BCUT2D eigenvalue weighted by Crippen LogP contribution is 2.18. The van der Waals surface area contributed by atoms with Gasteiger partial charge in [0.2, 0.25) is 0 Å². The van der Waals surface area contributed by atoms with Gasteiger partial charge in [0.1, 0.15) is 0 Å². The molecule has 26 heavy (non-hydrogen) atoms. The Balaban J connectivity index is 2.07. The van der Waals surface area contributed by atoms with Crippen molar-refractivity contribution in [2.24, 2.45) is 0 Å². The number of rotatable bonds is 15. The van der Waals surface area contributed by atoms with E-state index in [1.165, 1.54) is 70.6 Å². The fraction of sp³-hybridized carbons (Fsp3) is 0.696. The molecule has 0 radical (unpaired) electrons. The van der Waals surface area contributed by atoms with Gasteiger partial charge in [-0.3, -0.25) is 4.79 Å². The van der Waals surface area contributed by atoms with E-state index in [0.717, 1.165) is 29.5 Å². The largest absolute Gasteiger partial charge is 0.339 e. The molecule has 0 aliphatic rings. The summed E-state index contributed by atoms with van der Waals surface area (Å²) in [7, 11) is 0. The number of carbonyl (C=O) groups is 1. The topological polar surface area (TPSA) is 20.3 Å². The average molecular weight is 424 g/mol. The molecule has 1 aromatic carbocycles. The molecule has 3 heteroatoms. The maximum Gasteiger partial charge on any atom is 0.254 e. The van der Waals surface area contributed by atoms with Crippen molar-refractivity contribution in [1.29, 1.82) is 0 Å². The summed E-state index contributed by atoms with van der Waals surface area (Å²) in [5, 5.41) is 0. The van der Waals surface area contributed by atoms with Gasteiger partial charge in [-0.1, -0.05) is 89.7 Å². The van der Waals surface area contributed by atoms with Crippen LogP contribution in [-0.4, -0.2) is 23.9 Å². The first kappa shape index (κ1) is 23.2. The summed E-state index contributed by atoms with van der Waals surface area (Å²) in [5.74, 6) is 0.142. The number of carbonyl (C=O) groups excluding carboxylic acids is 1. The van der Waals surface area contributed by atoms with Gasteiger partial charge >= 0.3 is 0 Å². The maximum absolute atomic E-state index is 12.6. The van der Waals surface area contributed by atoms with Crippen LogP contribution in [0.1, 0.15) is 101 Å². The molecule has 1 amide bonds. The highest BCUT2D eigenvalue weighted by atomic mass is 79.9. The zero-order valence-corrected chi connectivity index (χ0v) is 18.5. The van der Waals surface area contributed by atoms with Gasteiger partial charge in [-0.2, -0.15) is 0 Å². The molecular weight excluding hydrogens is 386 g/mol. The summed E-state index contributed by atoms with van der Waals surface area (Å²) in [6.45, 7) is 5.98. The molecule has 1 aromatic rings. The summed E-state index contributed by atoms with van der Waals surface area (Å²) < 4.78 is 0.887. The van der Waals surface area contributed by atoms with E-state index in [1.54, 1.807) is 0 Å². The van der Waals surface area contributed by atoms with Crippen LogP contribution in [0.15, 0.2) is 28.7 Å². The van der Waals surface area contributed by atoms with Crippen molar-refractivity contribution >= 4 is 21.8 Å². The Morgan fingerprint density at radius 2 is 1.31 bits per heavy atom. The van der Waals surface area contributed by atoms with Crippen LogP contribution in [0.25, 0.3) is 0 Å². The van der Waals surface area contributed by atoms with E-state index < -0.39 is 0 Å². The maximum atomic E-state index is 12.6. The smallest absolute Gasteiger partial charge is 0.254 e. The standard InChI is InChI=1S/C23H38BrNO/c1-3-5-6-7-8-9-10-11-12-13-14-17-20-25(4-2)23(26)21-18-15-16-19-22(21)24/h15-16,18-19H,3-14,17,20H2,1-2H3. The van der Waals surface area contributed by atoms with E-state index in [9.17, 15) is 4.79 Å². The first-order chi connectivity index (χ1) is 12.7. The van der Waals surface area contributed by atoms with Crippen LogP contribution in [-0.2, 0) is 0 Å². The van der Waals surface area contributed by atoms with Crippen molar-refractivity contribution in [1.82, 2.24) is 4.90 Å². The third-order valence-corrected chi connectivity index (χ3v) is 5.75. The van der Waals surface area contributed by atoms with Crippen LogP contribution in [0, 0.1) is 0 Å². The van der Waals surface area contributed by atoms with Gasteiger partial charge in [-0.25, -0.2) is 0 Å². The summed E-state index contributed by atoms with van der Waals surface area (Å²) in [6, 6.07) is 7.71. The Labute approximate surface area is 169 Å². The lowest BCUT2D eigenvalue weighted by atomic mass is 10.1. The fourth-order valence-corrected chi connectivity index (χ4v) is 3.81. The summed E-state index contributed by atoms with van der Waals surface area (Å²) in [4.78, 5) is 14.6. The Morgan fingerprint density at radius 1 is 0.808 bits per heavy atom. The molecule has 1 rings (SSSR count). The van der Waals surface area contributed by atoms with Gasteiger partial charge in [0.15, 0.2) is 0 Å². The van der Waals surface area contributed by atoms with Crippen molar-refractivity contribution in [3.05, 3.63) is 34.3 Å². The lowest BCUT2D eigenvalue weighted by molar-refractivity contribution is 0.0760. The van der Waals surface area contributed by atoms with Gasteiger partial charge in [0.25, 0.3) is 5.91 Å². The predicted molar refractivity (Wildman–Crippen MR) is 117 cm³/mol. The third-order valence-electron chi connectivity index (χ3n) is 5.05. The highest BCUT2D eigenvalue weighted by molar-refractivity contribution is 9.10. The molecular formula is C23H38BrNO. The molecule has 0 bridgehead atoms. The van der Waals surface area contributed by atoms with E-state index in [-0.39, 0.29) is 5.91 Å². The van der Waals surface area contributed by atoms with Crippen LogP contribution >= 0.6 is 15.9 Å². The molecule has 0 spiro atoms. The Morgan fingerprint density at radius 3 is 1.81 bits per heavy atom. The quantitative estimate of drug-likeness (QED) is 0.265. The molecule has 0 atom stereocenters. The summed E-state index contributed by atoms with van der Waals surface area (Å²) in [6.07, 6.45) is 16.2. The first-order valence-electron chi connectivity index (χ1n) is 10.7. The minimum absolute atomic E-state index is 0.142. The molecule has 2 nitrogen and oxygen atoms in total. The molecule has 0 saturated heterocycles. The molecule has 0 unspecified atom stereocenters. The predicted octanol–water partition coefficient (Wildman–Crippen LogP) is 7.61. The second kappa shape index (κ2) is 15.2. The fourth-order valence-electron chi connectivity index (χ4n) is 3.35. The van der Waals surface area contributed by atoms with Crippen LogP contribution in [0.5, 0.6) is 0 Å². The Hall–Kier alpha value is -0.830. The van der Waals surface area contributed by atoms with Gasteiger partial charge in [0, 0.05) is 17.6 Å². The van der Waals surface area contributed by atoms with Gasteiger partial charge in [-0.05, 0) is 41.4 Å². The van der Waals surface area contributed by atoms with Gasteiger partial charge in [0.05, 0.1) is 5.56 Å². The molecule has 0 aliphatic carbocycles. The van der Waals surface area contributed by atoms with E-state index in [4.69, 9.17) is 0 Å².